The van der Waals surface area contributed by atoms with Crippen LogP contribution in [-0.4, -0.2) is 17.9 Å². The standard InChI is InChI=1S/C11H18N2O3/c1-4-6-7-15-11(14)12-10-8(3)16-13-9(10)5-2/h4-7H2,1-3H3,(H,12,14). The van der Waals surface area contributed by atoms with E-state index >= 15 is 0 Å². The highest BCUT2D eigenvalue weighted by Gasteiger charge is 2.14. The summed E-state index contributed by atoms with van der Waals surface area (Å²) >= 11 is 0. The average Bonchev–Trinajstić information content (AvgIpc) is 2.61. The number of nitrogens with one attached hydrogen (secondary N) is 1. The fraction of sp³-hybridized carbons (Fsp3) is 0.636. The predicted octanol–water partition coefficient (Wildman–Crippen LogP) is 2.89. The Labute approximate surface area is 95.1 Å². The van der Waals surface area contributed by atoms with Crippen LogP contribution in [0.2, 0.25) is 0 Å². The Balaban J connectivity index is 2.51. The van der Waals surface area contributed by atoms with E-state index < -0.39 is 6.09 Å². The number of amides is 1. The van der Waals surface area contributed by atoms with Crippen LogP contribution in [0.25, 0.3) is 0 Å². The monoisotopic (exact) mass is 226 g/mol. The Morgan fingerprint density at radius 2 is 2.25 bits per heavy atom. The van der Waals surface area contributed by atoms with Gasteiger partial charge in [0, 0.05) is 0 Å². The Bertz CT molecular complexity index is 347. The minimum absolute atomic E-state index is 0.439. The van der Waals surface area contributed by atoms with E-state index in [0.717, 1.165) is 18.5 Å². The summed E-state index contributed by atoms with van der Waals surface area (Å²) in [5.41, 5.74) is 1.37. The van der Waals surface area contributed by atoms with Crippen molar-refractivity contribution in [3.8, 4) is 0 Å². The normalized spacial score (nSPS) is 10.2. The van der Waals surface area contributed by atoms with E-state index in [1.54, 1.807) is 6.92 Å². The lowest BCUT2D eigenvalue weighted by Gasteiger charge is -2.05. The lowest BCUT2D eigenvalue weighted by Crippen LogP contribution is -2.15. The lowest BCUT2D eigenvalue weighted by molar-refractivity contribution is 0.160. The summed E-state index contributed by atoms with van der Waals surface area (Å²) < 4.78 is 9.98. The molecule has 0 saturated carbocycles. The number of aromatic nitrogens is 1. The lowest BCUT2D eigenvalue weighted by atomic mass is 10.2. The van der Waals surface area contributed by atoms with Crippen molar-refractivity contribution < 1.29 is 14.1 Å². The van der Waals surface area contributed by atoms with Crippen molar-refractivity contribution in [2.45, 2.75) is 40.0 Å². The summed E-state index contributed by atoms with van der Waals surface area (Å²) in [5, 5.41) is 6.49. The largest absolute Gasteiger partial charge is 0.449 e. The molecule has 0 spiro atoms. The molecule has 0 aliphatic carbocycles. The molecular formula is C11H18N2O3. The number of unbranched alkanes of at least 4 members (excludes halogenated alkanes) is 1. The second-order valence-electron chi connectivity index (χ2n) is 3.53. The molecule has 0 atom stereocenters. The van der Waals surface area contributed by atoms with Gasteiger partial charge in [-0.1, -0.05) is 25.4 Å². The fourth-order valence-corrected chi connectivity index (χ4v) is 1.27. The molecule has 0 aliphatic heterocycles. The number of carbonyl (C=O) groups excluding carboxylic acids is 1. The van der Waals surface area contributed by atoms with Crippen LogP contribution in [0.15, 0.2) is 4.52 Å². The molecule has 0 aromatic carbocycles. The first-order valence-electron chi connectivity index (χ1n) is 5.57. The van der Waals surface area contributed by atoms with Crippen molar-refractivity contribution in [1.29, 1.82) is 0 Å². The van der Waals surface area contributed by atoms with Crippen LogP contribution in [0.1, 0.15) is 38.1 Å². The van der Waals surface area contributed by atoms with Crippen LogP contribution in [0.4, 0.5) is 10.5 Å². The predicted molar refractivity (Wildman–Crippen MR) is 60.5 cm³/mol. The van der Waals surface area contributed by atoms with Gasteiger partial charge in [-0.05, 0) is 19.8 Å². The van der Waals surface area contributed by atoms with Crippen LogP contribution in [0, 0.1) is 6.92 Å². The van der Waals surface area contributed by atoms with Gasteiger partial charge in [-0.25, -0.2) is 4.79 Å². The molecular weight excluding hydrogens is 208 g/mol. The highest BCUT2D eigenvalue weighted by Crippen LogP contribution is 2.20. The third-order valence-electron chi connectivity index (χ3n) is 2.23. The molecule has 90 valence electrons. The van der Waals surface area contributed by atoms with Crippen molar-refractivity contribution in [2.24, 2.45) is 0 Å². The SMILES string of the molecule is CCCCOC(=O)Nc1c(CC)noc1C. The van der Waals surface area contributed by atoms with Gasteiger partial charge in [-0.15, -0.1) is 0 Å². The van der Waals surface area contributed by atoms with Crippen molar-refractivity contribution in [2.75, 3.05) is 11.9 Å². The summed E-state index contributed by atoms with van der Waals surface area (Å²) in [6, 6.07) is 0. The molecule has 0 aliphatic rings. The number of carbonyl (C=O) groups is 1. The number of anilines is 1. The maximum atomic E-state index is 11.4. The van der Waals surface area contributed by atoms with Crippen LogP contribution < -0.4 is 5.32 Å². The first-order valence-corrected chi connectivity index (χ1v) is 5.57. The van der Waals surface area contributed by atoms with E-state index in [-0.39, 0.29) is 0 Å². The van der Waals surface area contributed by atoms with Gasteiger partial charge in [0.2, 0.25) is 0 Å². The molecule has 1 heterocycles. The molecule has 1 rings (SSSR count). The van der Waals surface area contributed by atoms with Gasteiger partial charge in [-0.3, -0.25) is 5.32 Å². The first-order chi connectivity index (χ1) is 7.69. The summed E-state index contributed by atoms with van der Waals surface area (Å²) in [5.74, 6) is 0.601. The molecule has 1 amide bonds. The van der Waals surface area contributed by atoms with Crippen molar-refractivity contribution in [1.82, 2.24) is 5.16 Å². The summed E-state index contributed by atoms with van der Waals surface area (Å²) in [6.07, 6.45) is 2.13. The van der Waals surface area contributed by atoms with E-state index in [2.05, 4.69) is 10.5 Å². The molecule has 0 bridgehead atoms. The van der Waals surface area contributed by atoms with Gasteiger partial charge in [0.1, 0.15) is 11.4 Å². The van der Waals surface area contributed by atoms with E-state index in [1.165, 1.54) is 0 Å². The minimum Gasteiger partial charge on any atom is -0.449 e. The van der Waals surface area contributed by atoms with E-state index in [4.69, 9.17) is 9.26 Å². The van der Waals surface area contributed by atoms with Gasteiger partial charge < -0.3 is 9.26 Å². The van der Waals surface area contributed by atoms with Gasteiger partial charge >= 0.3 is 6.09 Å². The van der Waals surface area contributed by atoms with Crippen LogP contribution in [0.3, 0.4) is 0 Å². The van der Waals surface area contributed by atoms with Gasteiger partial charge in [0.15, 0.2) is 5.76 Å². The summed E-state index contributed by atoms with van der Waals surface area (Å²) in [4.78, 5) is 11.4. The zero-order valence-electron chi connectivity index (χ0n) is 10.0. The molecule has 1 N–H and O–H groups in total. The Kier molecular flexibility index (Phi) is 4.82. The fourth-order valence-electron chi connectivity index (χ4n) is 1.27. The number of hydrogen-bond donors (Lipinski definition) is 1. The number of nitrogens with zero attached hydrogens (tertiary/aromatic N) is 1. The van der Waals surface area contributed by atoms with Gasteiger partial charge in [0.25, 0.3) is 0 Å². The molecule has 16 heavy (non-hydrogen) atoms. The molecule has 0 saturated heterocycles. The molecule has 0 fully saturated rings. The highest BCUT2D eigenvalue weighted by atomic mass is 16.5. The zero-order chi connectivity index (χ0) is 12.0. The topological polar surface area (TPSA) is 64.4 Å². The number of aryl methyl sites for hydroxylation is 2. The first kappa shape index (κ1) is 12.5. The molecule has 1 aromatic rings. The molecule has 0 radical (unpaired) electrons. The van der Waals surface area contributed by atoms with Crippen LogP contribution >= 0.6 is 0 Å². The van der Waals surface area contributed by atoms with Crippen LogP contribution in [0.5, 0.6) is 0 Å². The van der Waals surface area contributed by atoms with Gasteiger partial charge in [0.05, 0.1) is 6.61 Å². The molecule has 5 heteroatoms. The van der Waals surface area contributed by atoms with Crippen LogP contribution in [-0.2, 0) is 11.2 Å². The van der Waals surface area contributed by atoms with Crippen molar-refractivity contribution in [3.63, 3.8) is 0 Å². The summed E-state index contributed by atoms with van der Waals surface area (Å²) in [7, 11) is 0. The second-order valence-corrected chi connectivity index (χ2v) is 3.53. The zero-order valence-corrected chi connectivity index (χ0v) is 10.0. The van der Waals surface area contributed by atoms with E-state index in [1.807, 2.05) is 13.8 Å². The molecule has 0 unspecified atom stereocenters. The quantitative estimate of drug-likeness (QED) is 0.784. The van der Waals surface area contributed by atoms with E-state index in [0.29, 0.717) is 24.5 Å². The van der Waals surface area contributed by atoms with E-state index in [9.17, 15) is 4.79 Å². The Morgan fingerprint density at radius 1 is 1.50 bits per heavy atom. The number of rotatable bonds is 5. The third-order valence-corrected chi connectivity index (χ3v) is 2.23. The minimum atomic E-state index is -0.450. The third kappa shape index (κ3) is 3.25. The number of hydrogen-bond acceptors (Lipinski definition) is 4. The molecule has 5 nitrogen and oxygen atoms in total. The average molecular weight is 226 g/mol. The summed E-state index contributed by atoms with van der Waals surface area (Å²) in [6.45, 7) is 6.19. The second kappa shape index (κ2) is 6.15. The molecule has 1 aromatic heterocycles. The number of ether oxygens (including phenoxy) is 1. The highest BCUT2D eigenvalue weighted by molar-refractivity contribution is 5.85. The van der Waals surface area contributed by atoms with Gasteiger partial charge in [-0.2, -0.15) is 0 Å². The van der Waals surface area contributed by atoms with Crippen molar-refractivity contribution >= 4 is 11.8 Å². The Hall–Kier alpha value is -1.52. The maximum absolute atomic E-state index is 11.4. The maximum Gasteiger partial charge on any atom is 0.411 e. The Morgan fingerprint density at radius 3 is 2.88 bits per heavy atom. The van der Waals surface area contributed by atoms with Crippen molar-refractivity contribution in [3.05, 3.63) is 11.5 Å². The smallest absolute Gasteiger partial charge is 0.411 e.